The number of benzene rings is 2. The van der Waals surface area contributed by atoms with Crippen molar-refractivity contribution in [2.24, 2.45) is 11.3 Å². The number of likely N-dealkylation sites (N-methyl/N-ethyl adjacent to an activating group) is 1. The summed E-state index contributed by atoms with van der Waals surface area (Å²) in [5.74, 6) is 0.544. The molecule has 1 fully saturated rings. The number of hydrogen-bond donors (Lipinski definition) is 3. The Balaban J connectivity index is 1.61. The summed E-state index contributed by atoms with van der Waals surface area (Å²) in [5.41, 5.74) is 5.58. The molecule has 51 heavy (non-hydrogen) atoms. The molecule has 0 bridgehead atoms. The van der Waals surface area contributed by atoms with Gasteiger partial charge in [-0.25, -0.2) is 9.52 Å². The predicted octanol–water partition coefficient (Wildman–Crippen LogP) is 6.52. The van der Waals surface area contributed by atoms with Crippen molar-refractivity contribution in [2.75, 3.05) is 34.9 Å². The van der Waals surface area contributed by atoms with Gasteiger partial charge in [-0.1, -0.05) is 46.1 Å². The zero-order chi connectivity index (χ0) is 37.1. The molecule has 2 aromatic carbocycles. The molecule has 12 nitrogen and oxygen atoms in total. The molecule has 1 saturated carbocycles. The lowest BCUT2D eigenvalue weighted by Gasteiger charge is -2.31. The van der Waals surface area contributed by atoms with Crippen LogP contribution in [-0.2, 0) is 32.6 Å². The number of nitrogens with one attached hydrogen (secondary N) is 2. The van der Waals surface area contributed by atoms with E-state index in [1.165, 1.54) is 38.8 Å². The molecule has 1 aromatic heterocycles. The van der Waals surface area contributed by atoms with Gasteiger partial charge in [0, 0.05) is 55.9 Å². The first-order valence-corrected chi connectivity index (χ1v) is 19.3. The van der Waals surface area contributed by atoms with Gasteiger partial charge < -0.3 is 29.2 Å². The molecule has 5 rings (SSSR count). The van der Waals surface area contributed by atoms with Crippen molar-refractivity contribution >= 4 is 33.1 Å². The molecule has 2 amide bonds. The lowest BCUT2D eigenvalue weighted by atomic mass is 9.80. The fraction of sp³-hybridized carbons (Fsp3) is 0.579. The Morgan fingerprint density at radius 2 is 1.75 bits per heavy atom. The van der Waals surface area contributed by atoms with Gasteiger partial charge in [-0.3, -0.25) is 4.79 Å². The summed E-state index contributed by atoms with van der Waals surface area (Å²) in [5, 5.41) is 13.4. The average molecular weight is 727 g/mol. The molecule has 3 aromatic rings. The van der Waals surface area contributed by atoms with E-state index in [9.17, 15) is 23.1 Å². The van der Waals surface area contributed by atoms with Crippen molar-refractivity contribution in [3.05, 3.63) is 53.1 Å². The van der Waals surface area contributed by atoms with Gasteiger partial charge in [-0.05, 0) is 90.8 Å². The summed E-state index contributed by atoms with van der Waals surface area (Å²) in [6, 6.07) is 11.5. The Labute approximate surface area is 302 Å². The Hall–Kier alpha value is -3.65. The number of nitrogens with zero attached hydrogens (tertiary/aromatic N) is 2. The van der Waals surface area contributed by atoms with Crippen molar-refractivity contribution < 1.29 is 37.3 Å². The van der Waals surface area contributed by atoms with E-state index in [-0.39, 0.29) is 29.5 Å². The number of amides is 2. The highest BCUT2D eigenvalue weighted by Gasteiger charge is 2.33. The van der Waals surface area contributed by atoms with E-state index in [0.29, 0.717) is 18.9 Å². The van der Waals surface area contributed by atoms with E-state index >= 15 is 0 Å². The molecule has 1 aliphatic heterocycles. The van der Waals surface area contributed by atoms with Crippen LogP contribution in [0.1, 0.15) is 93.1 Å². The summed E-state index contributed by atoms with van der Waals surface area (Å²) in [4.78, 5) is 25.3. The lowest BCUT2D eigenvalue weighted by Crippen LogP contribution is -2.45. The lowest BCUT2D eigenvalue weighted by molar-refractivity contribution is -0.106. The van der Waals surface area contributed by atoms with E-state index in [2.05, 4.69) is 26.7 Å². The van der Waals surface area contributed by atoms with Crippen LogP contribution in [-0.4, -0.2) is 81.7 Å². The van der Waals surface area contributed by atoms with E-state index in [1.54, 1.807) is 13.2 Å². The third-order valence-electron chi connectivity index (χ3n) is 10.7. The van der Waals surface area contributed by atoms with Crippen molar-refractivity contribution in [1.29, 1.82) is 0 Å². The second-order valence-electron chi connectivity index (χ2n) is 15.1. The Morgan fingerprint density at radius 1 is 1.04 bits per heavy atom. The number of carbonyl (C=O) groups excluding carboxylic acids is 1. The summed E-state index contributed by atoms with van der Waals surface area (Å²) < 4.78 is 47.8. The van der Waals surface area contributed by atoms with E-state index < -0.39 is 28.5 Å². The average Bonchev–Trinajstić information content (AvgIpc) is 3.31. The summed E-state index contributed by atoms with van der Waals surface area (Å²) in [7, 11) is 1.66. The van der Waals surface area contributed by atoms with Crippen LogP contribution in [0, 0.1) is 11.3 Å². The number of carbonyl (C=O) groups is 2. The number of rotatable bonds is 13. The van der Waals surface area contributed by atoms with Gasteiger partial charge in [0.1, 0.15) is 5.75 Å². The van der Waals surface area contributed by atoms with Crippen LogP contribution in [0.15, 0.2) is 36.4 Å². The maximum absolute atomic E-state index is 13.6. The Kier molecular flexibility index (Phi) is 12.1. The molecule has 2 aliphatic rings. The fourth-order valence-corrected chi connectivity index (χ4v) is 8.63. The minimum absolute atomic E-state index is 0.102. The van der Waals surface area contributed by atoms with Crippen molar-refractivity contribution in [3.63, 3.8) is 0 Å². The SMILES string of the molecule is COc1ccc2c(c1)CC(CCC(NC(=O)O)C(C)(C)C)Cn1c-2c(C2CCCCC2)c2ccc(C(=O)NS(=O)(=O)N(C)CC(OC)OC)cc21. The highest BCUT2D eigenvalue weighted by atomic mass is 32.2. The van der Waals surface area contributed by atoms with E-state index in [0.717, 1.165) is 70.7 Å². The molecule has 2 heterocycles. The smallest absolute Gasteiger partial charge is 0.404 e. The molecule has 0 saturated heterocycles. The molecule has 13 heteroatoms. The van der Waals surface area contributed by atoms with Crippen LogP contribution < -0.4 is 14.8 Å². The van der Waals surface area contributed by atoms with E-state index in [4.69, 9.17) is 14.2 Å². The summed E-state index contributed by atoms with van der Waals surface area (Å²) >= 11 is 0. The zero-order valence-corrected chi connectivity index (χ0v) is 31.8. The van der Waals surface area contributed by atoms with Crippen LogP contribution in [0.4, 0.5) is 4.79 Å². The molecule has 1 aliphatic carbocycles. The highest BCUT2D eigenvalue weighted by Crippen LogP contribution is 2.47. The predicted molar refractivity (Wildman–Crippen MR) is 197 cm³/mol. The van der Waals surface area contributed by atoms with Crippen LogP contribution in [0.5, 0.6) is 5.75 Å². The summed E-state index contributed by atoms with van der Waals surface area (Å²) in [6.45, 7) is 6.70. The molecule has 2 atom stereocenters. The topological polar surface area (TPSA) is 148 Å². The number of ether oxygens (including phenoxy) is 3. The number of hydrogen-bond acceptors (Lipinski definition) is 7. The van der Waals surface area contributed by atoms with Gasteiger partial charge >= 0.3 is 16.3 Å². The molecular formula is C38H54N4O8S. The molecule has 0 radical (unpaired) electrons. The van der Waals surface area contributed by atoms with Gasteiger partial charge in [0.25, 0.3) is 5.91 Å². The van der Waals surface area contributed by atoms with Crippen molar-refractivity contribution in [2.45, 2.75) is 96.9 Å². The molecular weight excluding hydrogens is 673 g/mol. The van der Waals surface area contributed by atoms with Crippen molar-refractivity contribution in [3.8, 4) is 17.0 Å². The molecule has 0 spiro atoms. The first kappa shape index (κ1) is 38.6. The number of carboxylic acid groups (broad SMARTS) is 1. The summed E-state index contributed by atoms with van der Waals surface area (Å²) in [6.07, 6.45) is 6.05. The van der Waals surface area contributed by atoms with Crippen LogP contribution in [0.2, 0.25) is 0 Å². The quantitative estimate of drug-likeness (QED) is 0.169. The number of methoxy groups -OCH3 is 3. The Morgan fingerprint density at radius 3 is 2.37 bits per heavy atom. The number of fused-ring (bicyclic) bond motifs is 5. The third kappa shape index (κ3) is 8.70. The third-order valence-corrected chi connectivity index (χ3v) is 12.1. The van der Waals surface area contributed by atoms with Gasteiger partial charge in [0.15, 0.2) is 6.29 Å². The minimum atomic E-state index is -4.20. The maximum atomic E-state index is 13.6. The first-order valence-electron chi connectivity index (χ1n) is 17.8. The first-order chi connectivity index (χ1) is 24.2. The monoisotopic (exact) mass is 726 g/mol. The fourth-order valence-electron chi connectivity index (χ4n) is 7.81. The van der Waals surface area contributed by atoms with Crippen LogP contribution in [0.25, 0.3) is 22.2 Å². The van der Waals surface area contributed by atoms with Crippen molar-refractivity contribution in [1.82, 2.24) is 18.9 Å². The second-order valence-corrected chi connectivity index (χ2v) is 16.9. The number of aromatic nitrogens is 1. The highest BCUT2D eigenvalue weighted by molar-refractivity contribution is 7.87. The van der Waals surface area contributed by atoms with Gasteiger partial charge in [0.05, 0.1) is 19.3 Å². The van der Waals surface area contributed by atoms with Crippen LogP contribution >= 0.6 is 0 Å². The molecule has 3 N–H and O–H groups in total. The standard InChI is InChI=1S/C38H54N4O8S/c1-38(2,3)32(39-37(44)45)18-13-24-19-27-20-28(48-5)15-17-29(27)35-34(25-11-9-8-10-12-25)30-16-14-26(21-31(30)42(35)22-24)36(43)40-51(46,47)41(4)23-33(49-6)50-7/h14-17,20-21,24-25,32-33,39H,8-13,18-19,22-23H2,1-7H3,(H,40,43)(H,44,45). The maximum Gasteiger partial charge on any atom is 0.404 e. The Bertz CT molecular complexity index is 1820. The molecule has 280 valence electrons. The van der Waals surface area contributed by atoms with Gasteiger partial charge in [-0.2, -0.15) is 12.7 Å². The van der Waals surface area contributed by atoms with Crippen LogP contribution in [0.3, 0.4) is 0 Å². The van der Waals surface area contributed by atoms with Gasteiger partial charge in [0.2, 0.25) is 0 Å². The minimum Gasteiger partial charge on any atom is -0.497 e. The largest absolute Gasteiger partial charge is 0.497 e. The molecule has 2 unspecified atom stereocenters. The van der Waals surface area contributed by atoms with Gasteiger partial charge in [-0.15, -0.1) is 0 Å². The zero-order valence-electron chi connectivity index (χ0n) is 31.0. The second kappa shape index (κ2) is 15.9. The van der Waals surface area contributed by atoms with E-state index in [1.807, 2.05) is 39.0 Å². The normalized spacial score (nSPS) is 17.5.